The third-order valence-electron chi connectivity index (χ3n) is 2.98. The molecule has 2 aromatic carbocycles. The van der Waals surface area contributed by atoms with E-state index in [9.17, 15) is 5.11 Å². The Morgan fingerprint density at radius 3 is 2.37 bits per heavy atom. The van der Waals surface area contributed by atoms with E-state index < -0.39 is 0 Å². The van der Waals surface area contributed by atoms with Gasteiger partial charge in [-0.3, -0.25) is 0 Å². The number of para-hydroxylation sites is 1. The summed E-state index contributed by atoms with van der Waals surface area (Å²) < 4.78 is 0. The molecule has 1 radical (unpaired) electrons. The molecule has 0 heterocycles. The summed E-state index contributed by atoms with van der Waals surface area (Å²) in [7, 11) is 0. The molecule has 19 heavy (non-hydrogen) atoms. The number of aryl methyl sites for hydroxylation is 2. The first-order valence-corrected chi connectivity index (χ1v) is 6.23. The normalized spacial score (nSPS) is 9.84. The van der Waals surface area contributed by atoms with Crippen LogP contribution in [0.25, 0.3) is 0 Å². The quantitative estimate of drug-likeness (QED) is 0.826. The van der Waals surface area contributed by atoms with E-state index in [1.807, 2.05) is 6.07 Å². The zero-order valence-corrected chi connectivity index (χ0v) is 12.5. The molecule has 0 atom stereocenters. The van der Waals surface area contributed by atoms with Crippen LogP contribution in [0.1, 0.15) is 16.7 Å². The second-order valence-electron chi connectivity index (χ2n) is 4.39. The number of nitrogens with one attached hydrogen (secondary N) is 1. The van der Waals surface area contributed by atoms with E-state index in [2.05, 4.69) is 31.3 Å². The molecule has 4 heteroatoms. The van der Waals surface area contributed by atoms with E-state index in [0.29, 0.717) is 11.6 Å². The van der Waals surface area contributed by atoms with Crippen molar-refractivity contribution >= 4 is 17.3 Å². The Morgan fingerprint density at radius 2 is 1.74 bits per heavy atom. The van der Waals surface area contributed by atoms with Gasteiger partial charge in [-0.2, -0.15) is 0 Å². The topological polar surface area (TPSA) is 32.3 Å². The van der Waals surface area contributed by atoms with Crippen molar-refractivity contribution in [2.45, 2.75) is 20.4 Å². The molecule has 0 aliphatic rings. The Morgan fingerprint density at radius 1 is 1.11 bits per heavy atom. The molecule has 2 rings (SSSR count). The van der Waals surface area contributed by atoms with E-state index in [4.69, 9.17) is 11.6 Å². The minimum Gasteiger partial charge on any atom is -0.508 e. The molecule has 0 aromatic heterocycles. The molecule has 0 fully saturated rings. The predicted octanol–water partition coefficient (Wildman–Crippen LogP) is 4.27. The summed E-state index contributed by atoms with van der Waals surface area (Å²) in [6.07, 6.45) is 0. The van der Waals surface area contributed by atoms with Gasteiger partial charge in [-0.15, -0.1) is 0 Å². The van der Waals surface area contributed by atoms with Gasteiger partial charge in [0.05, 0.1) is 0 Å². The van der Waals surface area contributed by atoms with Gasteiger partial charge in [0.2, 0.25) is 0 Å². The van der Waals surface area contributed by atoms with Crippen LogP contribution in [0, 0.1) is 13.8 Å². The van der Waals surface area contributed by atoms with Crippen molar-refractivity contribution < 1.29 is 22.2 Å². The predicted molar refractivity (Wildman–Crippen MR) is 76.4 cm³/mol. The van der Waals surface area contributed by atoms with E-state index in [1.165, 1.54) is 11.1 Å². The first kappa shape index (κ1) is 15.9. The molecule has 2 N–H and O–H groups in total. The summed E-state index contributed by atoms with van der Waals surface area (Å²) in [6, 6.07) is 11.2. The smallest absolute Gasteiger partial charge is 0.120 e. The number of aromatic hydroxyl groups is 1. The second-order valence-corrected chi connectivity index (χ2v) is 4.83. The molecule has 2 aromatic rings. The molecule has 0 amide bonds. The second kappa shape index (κ2) is 6.85. The molecule has 0 aliphatic carbocycles. The number of benzene rings is 2. The van der Waals surface area contributed by atoms with Crippen LogP contribution < -0.4 is 5.32 Å². The molecular formula is C15H16ClCuNO. The summed E-state index contributed by atoms with van der Waals surface area (Å²) in [5, 5.41) is 13.7. The number of hydrogen-bond acceptors (Lipinski definition) is 2. The van der Waals surface area contributed by atoms with Crippen LogP contribution in [0.2, 0.25) is 5.02 Å². The van der Waals surface area contributed by atoms with Crippen molar-refractivity contribution in [3.05, 3.63) is 58.1 Å². The average molecular weight is 325 g/mol. The fourth-order valence-corrected chi connectivity index (χ4v) is 2.17. The number of halogens is 1. The third kappa shape index (κ3) is 3.90. The maximum Gasteiger partial charge on any atom is 0.120 e. The minimum atomic E-state index is 0. The fraction of sp³-hybridized carbons (Fsp3) is 0.200. The summed E-state index contributed by atoms with van der Waals surface area (Å²) in [6.45, 7) is 4.68. The molecule has 0 unspecified atom stereocenters. The molecular weight excluding hydrogens is 309 g/mol. The Hall–Kier alpha value is -1.15. The van der Waals surface area contributed by atoms with Gasteiger partial charge in [-0.05, 0) is 43.2 Å². The van der Waals surface area contributed by atoms with Gasteiger partial charge < -0.3 is 10.4 Å². The van der Waals surface area contributed by atoms with Crippen molar-refractivity contribution in [1.29, 1.82) is 0 Å². The molecule has 0 saturated heterocycles. The Bertz CT molecular complexity index is 552. The van der Waals surface area contributed by atoms with Crippen LogP contribution in [0.15, 0.2) is 36.4 Å². The Labute approximate surface area is 129 Å². The van der Waals surface area contributed by atoms with Crippen LogP contribution in [-0.2, 0) is 23.6 Å². The van der Waals surface area contributed by atoms with Crippen molar-refractivity contribution in [3.63, 3.8) is 0 Å². The van der Waals surface area contributed by atoms with E-state index >= 15 is 0 Å². The molecule has 0 saturated carbocycles. The van der Waals surface area contributed by atoms with Crippen LogP contribution in [0.3, 0.4) is 0 Å². The number of anilines is 1. The zero-order chi connectivity index (χ0) is 13.1. The van der Waals surface area contributed by atoms with Crippen LogP contribution in [-0.4, -0.2) is 5.11 Å². The average Bonchev–Trinajstić information content (AvgIpc) is 2.33. The first-order chi connectivity index (χ1) is 8.58. The van der Waals surface area contributed by atoms with Crippen molar-refractivity contribution in [2.24, 2.45) is 0 Å². The monoisotopic (exact) mass is 324 g/mol. The summed E-state index contributed by atoms with van der Waals surface area (Å²) >= 11 is 5.92. The zero-order valence-electron chi connectivity index (χ0n) is 10.8. The summed E-state index contributed by atoms with van der Waals surface area (Å²) in [4.78, 5) is 0. The molecule has 2 nitrogen and oxygen atoms in total. The standard InChI is InChI=1S/C15H16ClNO.Cu/c1-10-4-3-5-11(2)15(10)17-9-12-8-13(16)6-7-14(12)18;/h3-8,17-18H,9H2,1-2H3;. The van der Waals surface area contributed by atoms with Crippen LogP contribution in [0.4, 0.5) is 5.69 Å². The van der Waals surface area contributed by atoms with Gasteiger partial charge in [0.15, 0.2) is 0 Å². The Kier molecular flexibility index (Phi) is 5.74. The number of rotatable bonds is 3. The van der Waals surface area contributed by atoms with Gasteiger partial charge in [0.1, 0.15) is 5.75 Å². The molecule has 0 bridgehead atoms. The van der Waals surface area contributed by atoms with Crippen molar-refractivity contribution in [1.82, 2.24) is 0 Å². The number of phenols is 1. The van der Waals surface area contributed by atoms with Crippen molar-refractivity contribution in [3.8, 4) is 5.75 Å². The molecule has 0 aliphatic heterocycles. The van der Waals surface area contributed by atoms with Gasteiger partial charge in [-0.1, -0.05) is 29.8 Å². The van der Waals surface area contributed by atoms with E-state index in [-0.39, 0.29) is 22.8 Å². The first-order valence-electron chi connectivity index (χ1n) is 5.85. The molecule has 0 spiro atoms. The van der Waals surface area contributed by atoms with E-state index in [1.54, 1.807) is 18.2 Å². The Balaban J connectivity index is 0.00000180. The van der Waals surface area contributed by atoms with Crippen LogP contribution >= 0.6 is 11.6 Å². The number of phenolic OH excluding ortho intramolecular Hbond substituents is 1. The van der Waals surface area contributed by atoms with Gasteiger partial charge in [0, 0.05) is 39.9 Å². The maximum absolute atomic E-state index is 9.75. The van der Waals surface area contributed by atoms with Crippen molar-refractivity contribution in [2.75, 3.05) is 5.32 Å². The number of hydrogen-bond donors (Lipinski definition) is 2. The maximum atomic E-state index is 9.75. The summed E-state index contributed by atoms with van der Waals surface area (Å²) in [5.74, 6) is 0.262. The van der Waals surface area contributed by atoms with Crippen LogP contribution in [0.5, 0.6) is 5.75 Å². The van der Waals surface area contributed by atoms with Gasteiger partial charge >= 0.3 is 0 Å². The third-order valence-corrected chi connectivity index (χ3v) is 3.21. The minimum absolute atomic E-state index is 0. The SMILES string of the molecule is Cc1cccc(C)c1NCc1cc(Cl)ccc1O.[Cu]. The fourth-order valence-electron chi connectivity index (χ4n) is 1.97. The molecule has 105 valence electrons. The van der Waals surface area contributed by atoms with E-state index in [0.717, 1.165) is 11.3 Å². The summed E-state index contributed by atoms with van der Waals surface area (Å²) in [5.41, 5.74) is 4.29. The van der Waals surface area contributed by atoms with Gasteiger partial charge in [0.25, 0.3) is 0 Å². The largest absolute Gasteiger partial charge is 0.508 e. The van der Waals surface area contributed by atoms with Gasteiger partial charge in [-0.25, -0.2) is 0 Å².